The number of methoxy groups -OCH3 is 1. The highest BCUT2D eigenvalue weighted by atomic mass is 32.9. The quantitative estimate of drug-likeness (QED) is 0.0291. The fraction of sp³-hybridized carbons (Fsp3) is 0.550. The molecule has 13 nitrogen and oxygen atoms in total. The highest BCUT2D eigenvalue weighted by Crippen LogP contribution is 2.43. The molecule has 1 aromatic carbocycles. The minimum Gasteiger partial charge on any atom is -0.463 e. The summed E-state index contributed by atoms with van der Waals surface area (Å²) in [5.74, 6) is -3.68. The van der Waals surface area contributed by atoms with Crippen molar-refractivity contribution >= 4 is 44.2 Å². The van der Waals surface area contributed by atoms with Crippen LogP contribution in [0.3, 0.4) is 0 Å². The minimum absolute atomic E-state index is 0.0579. The van der Waals surface area contributed by atoms with E-state index in [0.717, 1.165) is 55.2 Å². The maximum absolute atomic E-state index is 14.2. The molecule has 0 spiro atoms. The first-order chi connectivity index (χ1) is 27.5. The monoisotopic (exact) mass is 856 g/mol. The van der Waals surface area contributed by atoms with Crippen LogP contribution in [0.2, 0.25) is 0 Å². The summed E-state index contributed by atoms with van der Waals surface area (Å²) in [6.07, 6.45) is -3.20. The molecule has 3 heterocycles. The number of carbonyl (C=O) groups is 3. The number of aromatic nitrogens is 1. The number of fused-ring (bicyclic) bond motifs is 1. The van der Waals surface area contributed by atoms with Gasteiger partial charge in [0.05, 0.1) is 29.9 Å². The number of esters is 2. The van der Waals surface area contributed by atoms with Crippen molar-refractivity contribution in [3.05, 3.63) is 75.4 Å². The average molecular weight is 857 g/mol. The molecule has 58 heavy (non-hydrogen) atoms. The molecule has 1 aromatic rings. The van der Waals surface area contributed by atoms with E-state index < -0.39 is 71.6 Å². The van der Waals surface area contributed by atoms with Crippen molar-refractivity contribution in [2.24, 2.45) is 11.8 Å². The van der Waals surface area contributed by atoms with E-state index in [1.807, 2.05) is 5.38 Å². The molecular formula is C40H51F3N2O11S2. The van der Waals surface area contributed by atoms with Crippen LogP contribution in [0.1, 0.15) is 71.3 Å². The molecule has 4 rings (SSSR count). The first kappa shape index (κ1) is 46.8. The van der Waals surface area contributed by atoms with Crippen molar-refractivity contribution in [2.45, 2.75) is 108 Å². The van der Waals surface area contributed by atoms with Gasteiger partial charge in [0.2, 0.25) is 5.91 Å². The first-order valence-electron chi connectivity index (χ1n) is 19.0. The van der Waals surface area contributed by atoms with Crippen LogP contribution in [0.25, 0.3) is 10.6 Å². The number of H-pyrrole nitrogens is 1. The molecule has 1 amide bonds. The van der Waals surface area contributed by atoms with Crippen molar-refractivity contribution in [2.75, 3.05) is 25.6 Å². The first-order valence-corrected chi connectivity index (χ1v) is 21.2. The standard InChI is InChI=1S/C40H51F3N2O11S2/c1-23(25(3)56-38(52)39(53-4,40(41,42)43)27-16-9-8-10-17-27)14-13-15-26-21-55-35(34(50)33(26)49)32(48)24(2)20-30(47)54-19-12-7-5-6-11-18-29(46)45-31-36-28(22-57-58-36)44-37(31)51/h8-10,13-14,16-17,20,22-23,25-26,32-35,48-50H,5-7,11-12,15,18-19,21H2,1-4H3,(H,44,51)(H,45,46)/b14-13+,24-20+/t23?,25-,26-,32+,33+,34+,35-,39-/m0/s1. The summed E-state index contributed by atoms with van der Waals surface area (Å²) in [5, 5.41) is 37.0. The number of unbranched alkanes of at least 4 members (excludes halogenated alkanes) is 4. The fourth-order valence-corrected chi connectivity index (χ4v) is 8.67. The Hall–Kier alpha value is -3.91. The lowest BCUT2D eigenvalue weighted by Crippen LogP contribution is -2.54. The number of hydrogen-bond donors (Lipinski definition) is 5. The van der Waals surface area contributed by atoms with Crippen LogP contribution in [0.4, 0.5) is 18.9 Å². The number of benzene rings is 1. The largest absolute Gasteiger partial charge is 0.463 e. The number of alkyl halides is 3. The molecule has 0 saturated carbocycles. The predicted molar refractivity (Wildman–Crippen MR) is 211 cm³/mol. The number of hydrogen-bond acceptors (Lipinski definition) is 13. The van der Waals surface area contributed by atoms with Crippen molar-refractivity contribution in [3.63, 3.8) is 0 Å². The molecule has 3 aliphatic rings. The second-order valence-corrected chi connectivity index (χ2v) is 16.4. The van der Waals surface area contributed by atoms with Crippen LogP contribution in [-0.2, 0) is 38.9 Å². The van der Waals surface area contributed by atoms with Gasteiger partial charge in [0, 0.05) is 42.4 Å². The number of carbonyl (C=O) groups excluding carboxylic acids is 3. The number of aromatic amines is 1. The molecule has 3 aliphatic heterocycles. The van der Waals surface area contributed by atoms with Crippen molar-refractivity contribution in [1.82, 2.24) is 4.98 Å². The summed E-state index contributed by atoms with van der Waals surface area (Å²) in [5.41, 5.74) is -2.88. The summed E-state index contributed by atoms with van der Waals surface area (Å²) in [4.78, 5) is 53.2. The van der Waals surface area contributed by atoms with E-state index in [4.69, 9.17) is 18.9 Å². The highest BCUT2D eigenvalue weighted by molar-refractivity contribution is 7.70. The lowest BCUT2D eigenvalue weighted by molar-refractivity contribution is -0.278. The van der Waals surface area contributed by atoms with Gasteiger partial charge in [-0.05, 0) is 38.7 Å². The van der Waals surface area contributed by atoms with Gasteiger partial charge in [0.15, 0.2) is 0 Å². The van der Waals surface area contributed by atoms with Crippen LogP contribution in [0, 0.1) is 11.8 Å². The fourth-order valence-electron chi connectivity index (χ4n) is 6.51. The van der Waals surface area contributed by atoms with Gasteiger partial charge in [0.25, 0.3) is 11.2 Å². The SMILES string of the molecule is CO[C@](C(=O)O[C@@H](C)C(C)/C=C/C[C@H]1CO[C@@H]([C@H](O)/C(C)=C/C(=O)OCCCCCCCC(=O)Nc2c3sscc-3[nH]c2=O)[C@H](O)[C@@H]1O)(c1ccccc1)C(F)(F)F. The molecule has 320 valence electrons. The summed E-state index contributed by atoms with van der Waals surface area (Å²) < 4.78 is 63.7. The molecule has 0 radical (unpaired) electrons. The zero-order valence-electron chi connectivity index (χ0n) is 32.7. The second-order valence-electron chi connectivity index (χ2n) is 14.4. The number of allylic oxidation sites excluding steroid dienone is 1. The van der Waals surface area contributed by atoms with Gasteiger partial charge in [-0.1, -0.05) is 89.4 Å². The molecule has 5 N–H and O–H groups in total. The number of amides is 1. The van der Waals surface area contributed by atoms with Gasteiger partial charge < -0.3 is 44.6 Å². The normalized spacial score (nSPS) is 21.7. The Morgan fingerprint density at radius 3 is 2.45 bits per heavy atom. The Bertz CT molecular complexity index is 1880. The molecule has 1 fully saturated rings. The number of nitrogens with one attached hydrogen (secondary N) is 2. The van der Waals surface area contributed by atoms with Gasteiger partial charge in [0.1, 0.15) is 30.1 Å². The molecule has 0 bridgehead atoms. The van der Waals surface area contributed by atoms with E-state index >= 15 is 0 Å². The molecule has 0 aromatic heterocycles. The van der Waals surface area contributed by atoms with Gasteiger partial charge in [-0.3, -0.25) is 9.59 Å². The van der Waals surface area contributed by atoms with Gasteiger partial charge in [-0.15, -0.1) is 0 Å². The Morgan fingerprint density at radius 1 is 1.07 bits per heavy atom. The van der Waals surface area contributed by atoms with E-state index in [1.54, 1.807) is 19.1 Å². The third-order valence-electron chi connectivity index (χ3n) is 10.2. The second kappa shape index (κ2) is 21.4. The van der Waals surface area contributed by atoms with E-state index in [9.17, 15) is 47.7 Å². The van der Waals surface area contributed by atoms with Crippen LogP contribution in [0.5, 0.6) is 0 Å². The molecule has 18 heteroatoms. The topological polar surface area (TPSA) is 194 Å². The van der Waals surface area contributed by atoms with Gasteiger partial charge in [-0.2, -0.15) is 13.2 Å². The van der Waals surface area contributed by atoms with E-state index in [0.29, 0.717) is 18.5 Å². The van der Waals surface area contributed by atoms with Crippen molar-refractivity contribution in [1.29, 1.82) is 0 Å². The zero-order valence-corrected chi connectivity index (χ0v) is 34.3. The summed E-state index contributed by atoms with van der Waals surface area (Å²) in [6.45, 7) is 4.64. The van der Waals surface area contributed by atoms with E-state index in [1.165, 1.54) is 52.7 Å². The number of aliphatic hydroxyl groups is 3. The lowest BCUT2D eigenvalue weighted by atomic mass is 9.86. The Morgan fingerprint density at radius 2 is 1.76 bits per heavy atom. The maximum Gasteiger partial charge on any atom is 0.432 e. The Balaban J connectivity index is 1.14. The summed E-state index contributed by atoms with van der Waals surface area (Å²) >= 11 is 0. The minimum atomic E-state index is -5.11. The molecule has 1 unspecified atom stereocenters. The number of halogens is 3. The van der Waals surface area contributed by atoms with Crippen LogP contribution < -0.4 is 10.9 Å². The Kier molecular flexibility index (Phi) is 17.2. The third kappa shape index (κ3) is 11.6. The maximum atomic E-state index is 14.2. The highest BCUT2D eigenvalue weighted by Gasteiger charge is 2.64. The van der Waals surface area contributed by atoms with Crippen LogP contribution in [0.15, 0.2) is 64.3 Å². The number of ether oxygens (including phenoxy) is 4. The summed E-state index contributed by atoms with van der Waals surface area (Å²) in [6, 6.07) is 6.49. The van der Waals surface area contributed by atoms with E-state index in [2.05, 4.69) is 10.3 Å². The van der Waals surface area contributed by atoms with E-state index in [-0.39, 0.29) is 43.1 Å². The molecular weight excluding hydrogens is 806 g/mol. The summed E-state index contributed by atoms with van der Waals surface area (Å²) in [7, 11) is 3.69. The van der Waals surface area contributed by atoms with Crippen molar-refractivity contribution in [3.8, 4) is 10.6 Å². The number of aliphatic hydroxyl groups excluding tert-OH is 3. The number of anilines is 1. The lowest BCUT2D eigenvalue weighted by Gasteiger charge is -2.39. The van der Waals surface area contributed by atoms with Gasteiger partial charge >= 0.3 is 18.1 Å². The average Bonchev–Trinajstić information content (AvgIpc) is 3.75. The predicted octanol–water partition coefficient (Wildman–Crippen LogP) is 6.09. The van der Waals surface area contributed by atoms with Crippen molar-refractivity contribution < 1.29 is 61.8 Å². The Labute approximate surface area is 341 Å². The zero-order chi connectivity index (χ0) is 42.6. The third-order valence-corrected chi connectivity index (χ3v) is 12.3. The number of rotatable bonds is 20. The van der Waals surface area contributed by atoms with Crippen LogP contribution >= 0.6 is 20.7 Å². The van der Waals surface area contributed by atoms with Crippen LogP contribution in [-0.4, -0.2) is 95.2 Å². The smallest absolute Gasteiger partial charge is 0.432 e. The molecule has 1 saturated heterocycles. The molecule has 0 aliphatic carbocycles. The molecule has 8 atom stereocenters. The van der Waals surface area contributed by atoms with Gasteiger partial charge in [-0.25, -0.2) is 9.59 Å².